The molecule has 1 unspecified atom stereocenters. The van der Waals surface area contributed by atoms with Crippen molar-refractivity contribution in [3.8, 4) is 0 Å². The summed E-state index contributed by atoms with van der Waals surface area (Å²) in [6.07, 6.45) is 0. The monoisotopic (exact) mass is 256 g/mol. The maximum Gasteiger partial charge on any atom is 0.216 e. The summed E-state index contributed by atoms with van der Waals surface area (Å²) in [5.41, 5.74) is 0.794. The van der Waals surface area contributed by atoms with Crippen molar-refractivity contribution < 1.29 is 9.21 Å². The molecule has 0 radical (unpaired) electrons. The number of Topliss-reactive ketones (excluding diaryl/α,β-unsaturated/α-hetero) is 1. The molecule has 1 atom stereocenters. The van der Waals surface area contributed by atoms with Crippen molar-refractivity contribution in [3.63, 3.8) is 0 Å². The van der Waals surface area contributed by atoms with E-state index in [0.717, 1.165) is 43.7 Å². The molecule has 0 amide bonds. The second-order valence-electron chi connectivity index (χ2n) is 5.37. The molecule has 4 heterocycles. The molecule has 4 heteroatoms. The molecule has 0 aliphatic carbocycles. The second kappa shape index (κ2) is 4.18. The van der Waals surface area contributed by atoms with E-state index in [9.17, 15) is 4.79 Å². The van der Waals surface area contributed by atoms with Crippen LogP contribution in [0.1, 0.15) is 10.6 Å². The predicted molar refractivity (Wildman–Crippen MR) is 72.3 cm³/mol. The third kappa shape index (κ3) is 1.79. The fourth-order valence-corrected chi connectivity index (χ4v) is 3.13. The molecule has 3 saturated heterocycles. The van der Waals surface area contributed by atoms with Crippen LogP contribution in [0.3, 0.4) is 0 Å². The molecule has 2 aromatic rings. The maximum absolute atomic E-state index is 12.6. The van der Waals surface area contributed by atoms with Crippen LogP contribution >= 0.6 is 0 Å². The number of nitrogens with zero attached hydrogens (tertiary/aromatic N) is 2. The van der Waals surface area contributed by atoms with Crippen LogP contribution in [0, 0.1) is 0 Å². The zero-order chi connectivity index (χ0) is 12.8. The minimum Gasteiger partial charge on any atom is -0.453 e. The summed E-state index contributed by atoms with van der Waals surface area (Å²) in [7, 11) is 0. The summed E-state index contributed by atoms with van der Waals surface area (Å²) in [5, 5.41) is 1.00. The van der Waals surface area contributed by atoms with Gasteiger partial charge in [-0.2, -0.15) is 0 Å². The number of carbonyl (C=O) groups is 1. The van der Waals surface area contributed by atoms with E-state index in [1.165, 1.54) is 0 Å². The number of hydrogen-bond donors (Lipinski definition) is 0. The number of benzene rings is 1. The van der Waals surface area contributed by atoms with Gasteiger partial charge in [0.05, 0.1) is 6.04 Å². The first kappa shape index (κ1) is 11.2. The van der Waals surface area contributed by atoms with Crippen molar-refractivity contribution in [2.45, 2.75) is 6.04 Å². The number of para-hydroxylation sites is 1. The summed E-state index contributed by atoms with van der Waals surface area (Å²) in [6.45, 7) is 5.01. The third-order valence-corrected chi connectivity index (χ3v) is 4.25. The fraction of sp³-hybridized carbons (Fsp3) is 0.400. The predicted octanol–water partition coefficient (Wildman–Crippen LogP) is 1.62. The number of furan rings is 1. The number of rotatable bonds is 2. The first-order valence-corrected chi connectivity index (χ1v) is 6.80. The van der Waals surface area contributed by atoms with E-state index in [2.05, 4.69) is 9.80 Å². The molecule has 1 aromatic carbocycles. The topological polar surface area (TPSA) is 36.7 Å². The first-order valence-electron chi connectivity index (χ1n) is 6.80. The van der Waals surface area contributed by atoms with Gasteiger partial charge in [-0.05, 0) is 12.1 Å². The minimum absolute atomic E-state index is 0.0249. The Hall–Kier alpha value is -1.65. The van der Waals surface area contributed by atoms with Gasteiger partial charge in [-0.25, -0.2) is 0 Å². The van der Waals surface area contributed by atoms with Crippen molar-refractivity contribution >= 4 is 16.8 Å². The molecule has 2 bridgehead atoms. The maximum atomic E-state index is 12.6. The molecule has 19 heavy (non-hydrogen) atoms. The molecule has 98 valence electrons. The van der Waals surface area contributed by atoms with Crippen LogP contribution in [0.5, 0.6) is 0 Å². The van der Waals surface area contributed by atoms with E-state index in [1.54, 1.807) is 0 Å². The zero-order valence-corrected chi connectivity index (χ0v) is 10.7. The molecule has 0 N–H and O–H groups in total. The molecule has 3 fully saturated rings. The van der Waals surface area contributed by atoms with E-state index in [0.29, 0.717) is 5.76 Å². The number of fused-ring (bicyclic) bond motifs is 4. The number of ketones is 1. The van der Waals surface area contributed by atoms with Crippen LogP contribution in [-0.2, 0) is 0 Å². The SMILES string of the molecule is O=C(c1cc2ccccc2o1)C1CN2CCN1CC2. The van der Waals surface area contributed by atoms with E-state index in [4.69, 9.17) is 4.42 Å². The standard InChI is InChI=1S/C15H16N2O2/c18-15(12-10-16-5-7-17(12)8-6-16)14-9-11-3-1-2-4-13(11)19-14/h1-4,9,12H,5-8,10H2. The average Bonchev–Trinajstić information content (AvgIpc) is 2.91. The highest BCUT2D eigenvalue weighted by Gasteiger charge is 2.37. The Morgan fingerprint density at radius 2 is 1.95 bits per heavy atom. The van der Waals surface area contributed by atoms with Gasteiger partial charge in [0.2, 0.25) is 5.78 Å². The van der Waals surface area contributed by atoms with Crippen molar-refractivity contribution in [1.29, 1.82) is 0 Å². The summed E-state index contributed by atoms with van der Waals surface area (Å²) in [6, 6.07) is 9.62. The van der Waals surface area contributed by atoms with Gasteiger partial charge in [-0.3, -0.25) is 14.6 Å². The molecule has 4 nitrogen and oxygen atoms in total. The molecular formula is C15H16N2O2. The summed E-state index contributed by atoms with van der Waals surface area (Å²) < 4.78 is 5.70. The van der Waals surface area contributed by atoms with Gasteiger partial charge in [0, 0.05) is 38.1 Å². The van der Waals surface area contributed by atoms with Crippen LogP contribution in [0.2, 0.25) is 0 Å². The van der Waals surface area contributed by atoms with Crippen molar-refractivity contribution in [1.82, 2.24) is 9.80 Å². The lowest BCUT2D eigenvalue weighted by atomic mass is 10.0. The Labute approximate surface area is 111 Å². The Morgan fingerprint density at radius 3 is 2.63 bits per heavy atom. The van der Waals surface area contributed by atoms with Crippen LogP contribution in [0.15, 0.2) is 34.7 Å². The quantitative estimate of drug-likeness (QED) is 0.765. The van der Waals surface area contributed by atoms with Gasteiger partial charge in [-0.15, -0.1) is 0 Å². The van der Waals surface area contributed by atoms with E-state index < -0.39 is 0 Å². The Kier molecular flexibility index (Phi) is 2.47. The lowest BCUT2D eigenvalue weighted by Crippen LogP contribution is -2.63. The largest absolute Gasteiger partial charge is 0.453 e. The normalized spacial score (nSPS) is 29.8. The van der Waals surface area contributed by atoms with Crippen LogP contribution in [0.25, 0.3) is 11.0 Å². The molecule has 0 spiro atoms. The first-order chi connectivity index (χ1) is 9.31. The van der Waals surface area contributed by atoms with Crippen molar-refractivity contribution in [2.24, 2.45) is 0 Å². The van der Waals surface area contributed by atoms with Gasteiger partial charge < -0.3 is 4.42 Å². The third-order valence-electron chi connectivity index (χ3n) is 4.25. The van der Waals surface area contributed by atoms with E-state index in [-0.39, 0.29) is 11.8 Å². The molecular weight excluding hydrogens is 240 g/mol. The molecule has 0 saturated carbocycles. The highest BCUT2D eigenvalue weighted by molar-refractivity contribution is 6.01. The van der Waals surface area contributed by atoms with Crippen molar-refractivity contribution in [3.05, 3.63) is 36.1 Å². The Balaban J connectivity index is 1.66. The molecule has 5 rings (SSSR count). The summed E-state index contributed by atoms with van der Waals surface area (Å²) in [4.78, 5) is 17.3. The zero-order valence-electron chi connectivity index (χ0n) is 10.7. The van der Waals surface area contributed by atoms with Gasteiger partial charge in [-0.1, -0.05) is 18.2 Å². The van der Waals surface area contributed by atoms with Crippen LogP contribution < -0.4 is 0 Å². The lowest BCUT2D eigenvalue weighted by molar-refractivity contribution is 0.0146. The number of carbonyl (C=O) groups excluding carboxylic acids is 1. The van der Waals surface area contributed by atoms with Crippen molar-refractivity contribution in [2.75, 3.05) is 32.7 Å². The van der Waals surface area contributed by atoms with E-state index >= 15 is 0 Å². The fourth-order valence-electron chi connectivity index (χ4n) is 3.13. The van der Waals surface area contributed by atoms with Crippen LogP contribution in [0.4, 0.5) is 0 Å². The minimum atomic E-state index is -0.0249. The van der Waals surface area contributed by atoms with Gasteiger partial charge in [0.15, 0.2) is 5.76 Å². The van der Waals surface area contributed by atoms with E-state index in [1.807, 2.05) is 30.3 Å². The van der Waals surface area contributed by atoms with Gasteiger partial charge in [0.25, 0.3) is 0 Å². The van der Waals surface area contributed by atoms with Gasteiger partial charge in [0.1, 0.15) is 5.58 Å². The number of hydrogen-bond acceptors (Lipinski definition) is 4. The smallest absolute Gasteiger partial charge is 0.216 e. The molecule has 3 aliphatic rings. The highest BCUT2D eigenvalue weighted by Crippen LogP contribution is 2.24. The lowest BCUT2D eigenvalue weighted by Gasteiger charge is -2.46. The summed E-state index contributed by atoms with van der Waals surface area (Å²) >= 11 is 0. The van der Waals surface area contributed by atoms with Crippen LogP contribution in [-0.4, -0.2) is 54.3 Å². The molecule has 1 aromatic heterocycles. The number of piperazine rings is 3. The highest BCUT2D eigenvalue weighted by atomic mass is 16.3. The Morgan fingerprint density at radius 1 is 1.16 bits per heavy atom. The molecule has 3 aliphatic heterocycles. The average molecular weight is 256 g/mol. The summed E-state index contributed by atoms with van der Waals surface area (Å²) in [5.74, 6) is 0.626. The Bertz CT molecular complexity index is 593. The second-order valence-corrected chi connectivity index (χ2v) is 5.37. The van der Waals surface area contributed by atoms with Gasteiger partial charge >= 0.3 is 0 Å².